The minimum Gasteiger partial charge on any atom is -0.322 e. The van der Waals surface area contributed by atoms with Crippen molar-refractivity contribution >= 4 is 27.5 Å². The summed E-state index contributed by atoms with van der Waals surface area (Å²) in [5.74, 6) is -0.418. The minimum absolute atomic E-state index is 0.104. The zero-order chi connectivity index (χ0) is 14.9. The zero-order valence-corrected chi connectivity index (χ0v) is 14.3. The lowest BCUT2D eigenvalue weighted by molar-refractivity contribution is 0.0719. The third-order valence-corrected chi connectivity index (χ3v) is 5.59. The lowest BCUT2D eigenvalue weighted by atomic mass is 9.86. The van der Waals surface area contributed by atoms with E-state index in [4.69, 9.17) is 17.3 Å². The summed E-state index contributed by atoms with van der Waals surface area (Å²) in [7, 11) is 0. The molecule has 20 heavy (non-hydrogen) atoms. The second-order valence-electron chi connectivity index (χ2n) is 5.94. The summed E-state index contributed by atoms with van der Waals surface area (Å²) in [5, 5.41) is 0.104. The van der Waals surface area contributed by atoms with Crippen molar-refractivity contribution in [2.24, 2.45) is 5.73 Å². The number of benzene rings is 1. The molecule has 1 aromatic carbocycles. The van der Waals surface area contributed by atoms with Gasteiger partial charge in [0.2, 0.25) is 0 Å². The summed E-state index contributed by atoms with van der Waals surface area (Å²) < 4.78 is 14.9. The van der Waals surface area contributed by atoms with E-state index in [2.05, 4.69) is 34.7 Å². The Balaban J connectivity index is 2.29. The first-order valence-corrected chi connectivity index (χ1v) is 8.17. The molecule has 1 heterocycles. The van der Waals surface area contributed by atoms with Crippen molar-refractivity contribution in [2.75, 3.05) is 13.1 Å². The molecule has 0 radical (unpaired) electrons. The highest BCUT2D eigenvalue weighted by molar-refractivity contribution is 9.10. The number of rotatable bonds is 3. The van der Waals surface area contributed by atoms with Crippen LogP contribution in [0, 0.1) is 5.82 Å². The van der Waals surface area contributed by atoms with Gasteiger partial charge in [0.05, 0.1) is 11.1 Å². The zero-order valence-electron chi connectivity index (χ0n) is 11.9. The number of hydrogen-bond acceptors (Lipinski definition) is 2. The van der Waals surface area contributed by atoms with Crippen molar-refractivity contribution in [3.63, 3.8) is 0 Å². The number of halogens is 3. The van der Waals surface area contributed by atoms with Gasteiger partial charge in [0, 0.05) is 15.6 Å². The fourth-order valence-electron chi connectivity index (χ4n) is 2.83. The quantitative estimate of drug-likeness (QED) is 0.801. The number of nitrogens with two attached hydrogens (primary N) is 1. The molecule has 1 fully saturated rings. The van der Waals surface area contributed by atoms with Gasteiger partial charge in [-0.05, 0) is 61.8 Å². The average Bonchev–Trinajstić information content (AvgIpc) is 2.45. The second kappa shape index (κ2) is 6.30. The van der Waals surface area contributed by atoms with Crippen LogP contribution in [0.1, 0.15) is 44.7 Å². The first kappa shape index (κ1) is 16.2. The van der Waals surface area contributed by atoms with Gasteiger partial charge >= 0.3 is 0 Å². The summed E-state index contributed by atoms with van der Waals surface area (Å²) in [4.78, 5) is 2.36. The lowest BCUT2D eigenvalue weighted by Gasteiger charge is -2.44. The molecule has 0 spiro atoms. The molecule has 1 saturated heterocycles. The van der Waals surface area contributed by atoms with Crippen molar-refractivity contribution < 1.29 is 4.39 Å². The van der Waals surface area contributed by atoms with E-state index < -0.39 is 11.9 Å². The summed E-state index contributed by atoms with van der Waals surface area (Å²) in [6.45, 7) is 6.20. The van der Waals surface area contributed by atoms with Crippen LogP contribution in [-0.4, -0.2) is 23.5 Å². The smallest absolute Gasteiger partial charge is 0.147 e. The topological polar surface area (TPSA) is 29.3 Å². The van der Waals surface area contributed by atoms with E-state index in [-0.39, 0.29) is 10.6 Å². The molecule has 1 unspecified atom stereocenters. The van der Waals surface area contributed by atoms with Crippen LogP contribution < -0.4 is 5.73 Å². The van der Waals surface area contributed by atoms with E-state index in [1.165, 1.54) is 19.3 Å². The van der Waals surface area contributed by atoms with Gasteiger partial charge in [-0.2, -0.15) is 0 Å². The number of piperidine rings is 1. The maximum absolute atomic E-state index is 14.3. The van der Waals surface area contributed by atoms with E-state index in [1.807, 2.05) is 0 Å². The van der Waals surface area contributed by atoms with Crippen LogP contribution in [0.2, 0.25) is 5.02 Å². The Labute approximate surface area is 133 Å². The molecule has 0 bridgehead atoms. The summed E-state index contributed by atoms with van der Waals surface area (Å²) in [5.41, 5.74) is 6.55. The Morgan fingerprint density at radius 2 is 1.90 bits per heavy atom. The van der Waals surface area contributed by atoms with Crippen molar-refractivity contribution in [3.8, 4) is 0 Å². The van der Waals surface area contributed by atoms with Gasteiger partial charge in [-0.25, -0.2) is 4.39 Å². The Hall–Kier alpha value is -0.160. The van der Waals surface area contributed by atoms with E-state index in [0.29, 0.717) is 10.0 Å². The number of hydrogen-bond donors (Lipinski definition) is 1. The molecule has 0 amide bonds. The predicted octanol–water partition coefficient (Wildman–Crippen LogP) is 4.51. The first-order valence-electron chi connectivity index (χ1n) is 6.99. The van der Waals surface area contributed by atoms with Gasteiger partial charge in [0.15, 0.2) is 0 Å². The lowest BCUT2D eigenvalue weighted by Crippen LogP contribution is -2.53. The van der Waals surface area contributed by atoms with Gasteiger partial charge in [-0.15, -0.1) is 0 Å². The molecule has 1 aliphatic heterocycles. The van der Waals surface area contributed by atoms with Crippen molar-refractivity contribution in [1.82, 2.24) is 4.90 Å². The highest BCUT2D eigenvalue weighted by Crippen LogP contribution is 2.36. The molecule has 0 saturated carbocycles. The molecule has 0 aromatic heterocycles. The Morgan fingerprint density at radius 1 is 1.30 bits per heavy atom. The van der Waals surface area contributed by atoms with Crippen LogP contribution in [0.5, 0.6) is 0 Å². The molecule has 1 aromatic rings. The van der Waals surface area contributed by atoms with E-state index in [1.54, 1.807) is 12.1 Å². The maximum Gasteiger partial charge on any atom is 0.147 e. The fraction of sp³-hybridized carbons (Fsp3) is 0.600. The van der Waals surface area contributed by atoms with Gasteiger partial charge in [0.1, 0.15) is 5.82 Å². The fourth-order valence-corrected chi connectivity index (χ4v) is 3.31. The Kier molecular flexibility index (Phi) is 5.11. The molecular weight excluding hydrogens is 343 g/mol. The van der Waals surface area contributed by atoms with Crippen LogP contribution in [0.15, 0.2) is 16.6 Å². The molecule has 2 nitrogen and oxygen atoms in total. The predicted molar refractivity (Wildman–Crippen MR) is 85.5 cm³/mol. The molecule has 1 aliphatic rings. The molecule has 1 atom stereocenters. The second-order valence-corrected chi connectivity index (χ2v) is 7.18. The molecule has 5 heteroatoms. The number of nitrogens with zero attached hydrogens (tertiary/aromatic N) is 1. The van der Waals surface area contributed by atoms with Gasteiger partial charge in [-0.1, -0.05) is 24.1 Å². The van der Waals surface area contributed by atoms with E-state index in [9.17, 15) is 4.39 Å². The van der Waals surface area contributed by atoms with Crippen molar-refractivity contribution in [2.45, 2.75) is 44.7 Å². The summed E-state index contributed by atoms with van der Waals surface area (Å²) in [6.07, 6.45) is 3.62. The van der Waals surface area contributed by atoms with E-state index >= 15 is 0 Å². The van der Waals surface area contributed by atoms with Gasteiger partial charge < -0.3 is 5.73 Å². The number of likely N-dealkylation sites (tertiary alicyclic amines) is 1. The molecular formula is C15H21BrClFN2. The average molecular weight is 364 g/mol. The third kappa shape index (κ3) is 3.03. The van der Waals surface area contributed by atoms with Crippen molar-refractivity contribution in [3.05, 3.63) is 33.0 Å². The Bertz CT molecular complexity index is 487. The van der Waals surface area contributed by atoms with Gasteiger partial charge in [0.25, 0.3) is 0 Å². The maximum atomic E-state index is 14.3. The third-order valence-electron chi connectivity index (χ3n) is 4.33. The standard InChI is InChI=1S/C15H21BrClFN2/c1-15(2,20-8-4-3-5-9-20)14(19)10-6-7-11(16)12(17)13(10)18/h6-7,14H,3-5,8-9,19H2,1-2H3. The monoisotopic (exact) mass is 362 g/mol. The summed E-state index contributed by atoms with van der Waals surface area (Å²) >= 11 is 9.20. The highest BCUT2D eigenvalue weighted by Gasteiger charge is 2.36. The van der Waals surface area contributed by atoms with E-state index in [0.717, 1.165) is 13.1 Å². The first-order chi connectivity index (χ1) is 9.35. The summed E-state index contributed by atoms with van der Waals surface area (Å²) in [6, 6.07) is 3.07. The normalized spacial score (nSPS) is 19.1. The highest BCUT2D eigenvalue weighted by atomic mass is 79.9. The molecule has 2 rings (SSSR count). The largest absolute Gasteiger partial charge is 0.322 e. The Morgan fingerprint density at radius 3 is 2.50 bits per heavy atom. The van der Waals surface area contributed by atoms with Crippen LogP contribution in [0.4, 0.5) is 4.39 Å². The van der Waals surface area contributed by atoms with Crippen LogP contribution in [0.25, 0.3) is 0 Å². The van der Waals surface area contributed by atoms with Crippen LogP contribution in [0.3, 0.4) is 0 Å². The molecule has 2 N–H and O–H groups in total. The van der Waals surface area contributed by atoms with Crippen LogP contribution >= 0.6 is 27.5 Å². The minimum atomic E-state index is -0.418. The SMILES string of the molecule is CC(C)(C(N)c1ccc(Br)c(Cl)c1F)N1CCCCC1. The van der Waals surface area contributed by atoms with Gasteiger partial charge in [-0.3, -0.25) is 4.90 Å². The van der Waals surface area contributed by atoms with Crippen LogP contribution in [-0.2, 0) is 0 Å². The molecule has 112 valence electrons. The van der Waals surface area contributed by atoms with Crippen molar-refractivity contribution in [1.29, 1.82) is 0 Å². The molecule has 0 aliphatic carbocycles.